The van der Waals surface area contributed by atoms with E-state index in [4.69, 9.17) is 9.47 Å². The van der Waals surface area contributed by atoms with Crippen molar-refractivity contribution in [2.45, 2.75) is 24.8 Å². The van der Waals surface area contributed by atoms with E-state index in [9.17, 15) is 4.79 Å². The van der Waals surface area contributed by atoms with Crippen LogP contribution in [0.25, 0.3) is 0 Å². The van der Waals surface area contributed by atoms with E-state index < -0.39 is 0 Å². The van der Waals surface area contributed by atoms with Crippen molar-refractivity contribution in [1.29, 1.82) is 0 Å². The van der Waals surface area contributed by atoms with Crippen LogP contribution in [-0.4, -0.2) is 73.4 Å². The molecule has 0 aromatic heterocycles. The molecule has 0 radical (unpaired) electrons. The van der Waals surface area contributed by atoms with Gasteiger partial charge >= 0.3 is 6.09 Å². The van der Waals surface area contributed by atoms with Crippen LogP contribution in [0.2, 0.25) is 0 Å². The van der Waals surface area contributed by atoms with Gasteiger partial charge in [0.05, 0.1) is 18.8 Å². The van der Waals surface area contributed by atoms with Crippen LogP contribution in [0.3, 0.4) is 0 Å². The maximum Gasteiger partial charge on any atom is 0.410 e. The number of benzene rings is 1. The number of hydrogen-bond donors (Lipinski definition) is 1. The highest BCUT2D eigenvalue weighted by atomic mass is 16.6. The molecule has 1 amide bonds. The minimum atomic E-state index is -0.209. The van der Waals surface area contributed by atoms with Gasteiger partial charge < -0.3 is 19.7 Å². The van der Waals surface area contributed by atoms with E-state index in [1.807, 2.05) is 30.3 Å². The van der Waals surface area contributed by atoms with Crippen molar-refractivity contribution in [2.75, 3.05) is 39.3 Å². The zero-order chi connectivity index (χ0) is 15.6. The minimum absolute atomic E-state index is 0.209. The zero-order valence-corrected chi connectivity index (χ0v) is 13.2. The van der Waals surface area contributed by atoms with Crippen LogP contribution in [0.15, 0.2) is 30.3 Å². The number of morpholine rings is 1. The van der Waals surface area contributed by atoms with E-state index in [0.717, 1.165) is 44.9 Å². The Morgan fingerprint density at radius 3 is 2.91 bits per heavy atom. The highest BCUT2D eigenvalue weighted by Crippen LogP contribution is 2.25. The first-order valence-corrected chi connectivity index (χ1v) is 8.35. The number of fused-ring (bicyclic) bond motifs is 1. The van der Waals surface area contributed by atoms with E-state index in [2.05, 4.69) is 10.2 Å². The summed E-state index contributed by atoms with van der Waals surface area (Å²) in [7, 11) is 0. The topological polar surface area (TPSA) is 54.0 Å². The van der Waals surface area contributed by atoms with E-state index in [-0.39, 0.29) is 6.09 Å². The third-order valence-electron chi connectivity index (χ3n) is 5.03. The van der Waals surface area contributed by atoms with E-state index in [1.165, 1.54) is 0 Å². The molecule has 6 heteroatoms. The molecule has 1 aromatic carbocycles. The summed E-state index contributed by atoms with van der Waals surface area (Å²) in [6.07, 6.45) is 0.0993. The van der Waals surface area contributed by atoms with E-state index in [1.54, 1.807) is 4.90 Å². The van der Waals surface area contributed by atoms with Crippen molar-refractivity contribution in [3.8, 4) is 0 Å². The molecule has 3 aliphatic rings. The molecular formula is C17H23N3O3. The molecule has 23 heavy (non-hydrogen) atoms. The molecule has 0 spiro atoms. The molecule has 1 N–H and O–H groups in total. The Kier molecular flexibility index (Phi) is 4.20. The van der Waals surface area contributed by atoms with Crippen LogP contribution < -0.4 is 5.32 Å². The molecule has 4 rings (SSSR count). The van der Waals surface area contributed by atoms with E-state index >= 15 is 0 Å². The number of carbonyl (C=O) groups excluding carboxylic acids is 1. The molecule has 6 nitrogen and oxygen atoms in total. The molecule has 0 aliphatic carbocycles. The van der Waals surface area contributed by atoms with Gasteiger partial charge in [0.2, 0.25) is 0 Å². The summed E-state index contributed by atoms with van der Waals surface area (Å²) in [4.78, 5) is 16.4. The first-order valence-electron chi connectivity index (χ1n) is 8.35. The second-order valence-electron chi connectivity index (χ2n) is 6.47. The quantitative estimate of drug-likeness (QED) is 0.888. The smallest absolute Gasteiger partial charge is 0.410 e. The lowest BCUT2D eigenvalue weighted by Crippen LogP contribution is -2.66. The standard InChI is InChI=1S/C17H23N3O3/c21-17(23-12-13-4-2-1-3-5-13)19-10-14(11-19)20-6-7-22-16-9-18-8-15(16)20/h1-5,14-16,18H,6-12H2/t15-,16?/m0/s1. The van der Waals surface area contributed by atoms with Gasteiger partial charge in [0.1, 0.15) is 6.61 Å². The summed E-state index contributed by atoms with van der Waals surface area (Å²) in [5.74, 6) is 0. The average Bonchev–Trinajstić information content (AvgIpc) is 3.02. The lowest BCUT2D eigenvalue weighted by Gasteiger charge is -2.49. The predicted octanol–water partition coefficient (Wildman–Crippen LogP) is 0.680. The summed E-state index contributed by atoms with van der Waals surface area (Å²) < 4.78 is 11.2. The Morgan fingerprint density at radius 2 is 2.09 bits per heavy atom. The first-order chi connectivity index (χ1) is 11.3. The molecule has 0 bridgehead atoms. The van der Waals surface area contributed by atoms with Gasteiger partial charge in [-0.3, -0.25) is 4.90 Å². The number of rotatable bonds is 3. The van der Waals surface area contributed by atoms with Crippen molar-refractivity contribution in [3.05, 3.63) is 35.9 Å². The van der Waals surface area contributed by atoms with Crippen molar-refractivity contribution in [1.82, 2.24) is 15.1 Å². The molecular weight excluding hydrogens is 294 g/mol. The Balaban J connectivity index is 1.25. The molecule has 3 saturated heterocycles. The van der Waals surface area contributed by atoms with Crippen LogP contribution in [0, 0.1) is 0 Å². The van der Waals surface area contributed by atoms with Gasteiger partial charge in [-0.1, -0.05) is 30.3 Å². The second kappa shape index (κ2) is 6.47. The maximum absolute atomic E-state index is 12.1. The monoisotopic (exact) mass is 317 g/mol. The Hall–Kier alpha value is -1.63. The van der Waals surface area contributed by atoms with E-state index in [0.29, 0.717) is 24.8 Å². The first kappa shape index (κ1) is 14.9. The molecule has 3 aliphatic heterocycles. The van der Waals surface area contributed by atoms with Gasteiger partial charge in [-0.15, -0.1) is 0 Å². The molecule has 3 heterocycles. The van der Waals surface area contributed by atoms with Crippen molar-refractivity contribution < 1.29 is 14.3 Å². The fourth-order valence-electron chi connectivity index (χ4n) is 3.70. The van der Waals surface area contributed by atoms with Gasteiger partial charge in [-0.2, -0.15) is 0 Å². The number of nitrogens with zero attached hydrogens (tertiary/aromatic N) is 2. The van der Waals surface area contributed by atoms with Gasteiger partial charge in [0.25, 0.3) is 0 Å². The number of hydrogen-bond acceptors (Lipinski definition) is 5. The van der Waals surface area contributed by atoms with Gasteiger partial charge in [0.15, 0.2) is 0 Å². The fraction of sp³-hybridized carbons (Fsp3) is 0.588. The van der Waals surface area contributed by atoms with Gasteiger partial charge in [-0.05, 0) is 5.56 Å². The van der Waals surface area contributed by atoms with Gasteiger partial charge in [0, 0.05) is 38.8 Å². The van der Waals surface area contributed by atoms with Crippen LogP contribution in [0.4, 0.5) is 4.79 Å². The highest BCUT2D eigenvalue weighted by Gasteiger charge is 2.44. The van der Waals surface area contributed by atoms with Crippen molar-refractivity contribution >= 4 is 6.09 Å². The lowest BCUT2D eigenvalue weighted by molar-refractivity contribution is -0.0889. The maximum atomic E-state index is 12.1. The Morgan fingerprint density at radius 1 is 1.26 bits per heavy atom. The molecule has 3 fully saturated rings. The molecule has 124 valence electrons. The molecule has 1 aromatic rings. The van der Waals surface area contributed by atoms with Crippen LogP contribution >= 0.6 is 0 Å². The Bertz CT molecular complexity index is 547. The minimum Gasteiger partial charge on any atom is -0.445 e. The van der Waals surface area contributed by atoms with Crippen molar-refractivity contribution in [3.63, 3.8) is 0 Å². The van der Waals surface area contributed by atoms with Crippen LogP contribution in [-0.2, 0) is 16.1 Å². The number of amides is 1. The largest absolute Gasteiger partial charge is 0.445 e. The SMILES string of the molecule is O=C(OCc1ccccc1)N1CC(N2CCOC3CNC[C@@H]32)C1. The molecule has 2 atom stereocenters. The molecule has 1 unspecified atom stereocenters. The summed E-state index contributed by atoms with van der Waals surface area (Å²) in [6.45, 7) is 5.54. The number of likely N-dealkylation sites (tertiary alicyclic amines) is 1. The number of nitrogens with one attached hydrogen (secondary N) is 1. The normalized spacial score (nSPS) is 28.3. The lowest BCUT2D eigenvalue weighted by atomic mass is 10.0. The number of ether oxygens (including phenoxy) is 2. The Labute approximate surface area is 136 Å². The highest BCUT2D eigenvalue weighted by molar-refractivity contribution is 5.68. The molecule has 0 saturated carbocycles. The van der Waals surface area contributed by atoms with Crippen LogP contribution in [0.1, 0.15) is 5.56 Å². The third-order valence-corrected chi connectivity index (χ3v) is 5.03. The zero-order valence-electron chi connectivity index (χ0n) is 13.2. The number of carbonyl (C=O) groups is 1. The summed E-state index contributed by atoms with van der Waals surface area (Å²) >= 11 is 0. The summed E-state index contributed by atoms with van der Waals surface area (Å²) in [6, 6.07) is 10.7. The summed E-state index contributed by atoms with van der Waals surface area (Å²) in [5, 5.41) is 3.40. The average molecular weight is 317 g/mol. The second-order valence-corrected chi connectivity index (χ2v) is 6.47. The third kappa shape index (κ3) is 3.06. The summed E-state index contributed by atoms with van der Waals surface area (Å²) in [5.41, 5.74) is 1.02. The fourth-order valence-corrected chi connectivity index (χ4v) is 3.70. The predicted molar refractivity (Wildman–Crippen MR) is 85.1 cm³/mol. The van der Waals surface area contributed by atoms with Crippen molar-refractivity contribution in [2.24, 2.45) is 0 Å². The van der Waals surface area contributed by atoms with Gasteiger partial charge in [-0.25, -0.2) is 4.79 Å². The van der Waals surface area contributed by atoms with Crippen LogP contribution in [0.5, 0.6) is 0 Å².